The molecular weight excluding hydrogens is 246 g/mol. The number of hydrogen-bond donors (Lipinski definition) is 0. The fourth-order valence-electron chi connectivity index (χ4n) is 1.82. The zero-order valence-electron chi connectivity index (χ0n) is 7.50. The average molecular weight is 253 g/mol. The molecule has 0 aliphatic heterocycles. The van der Waals surface area contributed by atoms with Gasteiger partial charge in [0.2, 0.25) is 0 Å². The Labute approximate surface area is 90.3 Å². The number of aryl methyl sites for hydroxylation is 1. The number of benzene rings is 1. The highest BCUT2D eigenvalue weighted by atomic mass is 35.7. The van der Waals surface area contributed by atoms with Crippen molar-refractivity contribution in [2.24, 2.45) is 0 Å². The summed E-state index contributed by atoms with van der Waals surface area (Å²) in [7, 11) is 1.00. The predicted molar refractivity (Wildman–Crippen MR) is 51.7 cm³/mol. The van der Waals surface area contributed by atoms with Crippen LogP contribution in [0.3, 0.4) is 0 Å². The van der Waals surface area contributed by atoms with E-state index < -0.39 is 25.4 Å². The smallest absolute Gasteiger partial charge is 0.207 e. The first-order valence-corrected chi connectivity index (χ1v) is 6.58. The quantitative estimate of drug-likeness (QED) is 0.720. The van der Waals surface area contributed by atoms with Gasteiger partial charge in [-0.25, -0.2) is 17.2 Å². The maximum absolute atomic E-state index is 13.4. The second kappa shape index (κ2) is 3.15. The van der Waals surface area contributed by atoms with Crippen molar-refractivity contribution in [1.29, 1.82) is 0 Å². The van der Waals surface area contributed by atoms with Gasteiger partial charge in [0.05, 0.1) is 4.90 Å². The molecule has 0 fully saturated rings. The van der Waals surface area contributed by atoms with Gasteiger partial charge in [-0.1, -0.05) is 12.1 Å². The third-order valence-electron chi connectivity index (χ3n) is 2.45. The molecule has 1 aromatic rings. The molecule has 0 atom stereocenters. The average Bonchev–Trinajstić information content (AvgIpc) is 2.41. The Bertz CT molecular complexity index is 511. The van der Waals surface area contributed by atoms with E-state index >= 15 is 0 Å². The molecule has 2 rings (SSSR count). The summed E-state index contributed by atoms with van der Waals surface area (Å²) in [6.45, 7) is 0. The molecule has 2 nitrogen and oxygen atoms in total. The van der Waals surface area contributed by atoms with Crippen molar-refractivity contribution in [2.75, 3.05) is 0 Å². The largest absolute Gasteiger partial charge is 0.275 e. The van der Waals surface area contributed by atoms with Gasteiger partial charge in [0.25, 0.3) is 15.0 Å². The van der Waals surface area contributed by atoms with Gasteiger partial charge in [0.15, 0.2) is 0 Å². The lowest BCUT2D eigenvalue weighted by molar-refractivity contribution is -0.00443. The molecule has 0 unspecified atom stereocenters. The van der Waals surface area contributed by atoms with Crippen LogP contribution < -0.4 is 0 Å². The van der Waals surface area contributed by atoms with Crippen LogP contribution in [0.25, 0.3) is 0 Å². The van der Waals surface area contributed by atoms with Crippen molar-refractivity contribution in [2.45, 2.75) is 23.7 Å². The molecule has 0 heterocycles. The third kappa shape index (κ3) is 1.74. The van der Waals surface area contributed by atoms with E-state index in [1.165, 1.54) is 12.1 Å². The Kier molecular flexibility index (Phi) is 2.28. The van der Waals surface area contributed by atoms with Crippen LogP contribution in [-0.2, 0) is 21.4 Å². The summed E-state index contributed by atoms with van der Waals surface area (Å²) in [6, 6.07) is 4.04. The van der Waals surface area contributed by atoms with E-state index in [2.05, 4.69) is 0 Å². The molecule has 1 aliphatic carbocycles. The molecule has 0 bridgehead atoms. The van der Waals surface area contributed by atoms with E-state index in [4.69, 9.17) is 10.7 Å². The fraction of sp³-hybridized carbons (Fsp3) is 0.333. The van der Waals surface area contributed by atoms with Crippen LogP contribution >= 0.6 is 10.7 Å². The molecule has 6 heteroatoms. The van der Waals surface area contributed by atoms with E-state index in [1.54, 1.807) is 0 Å². The summed E-state index contributed by atoms with van der Waals surface area (Å²) >= 11 is 0. The van der Waals surface area contributed by atoms with Crippen molar-refractivity contribution in [3.63, 3.8) is 0 Å². The highest BCUT2D eigenvalue weighted by Crippen LogP contribution is 2.45. The van der Waals surface area contributed by atoms with E-state index in [9.17, 15) is 17.2 Å². The van der Waals surface area contributed by atoms with Gasteiger partial charge in [-0.3, -0.25) is 0 Å². The first-order valence-electron chi connectivity index (χ1n) is 4.27. The number of rotatable bonds is 1. The molecule has 82 valence electrons. The highest BCUT2D eigenvalue weighted by molar-refractivity contribution is 8.13. The first-order chi connectivity index (χ1) is 6.82. The van der Waals surface area contributed by atoms with Crippen LogP contribution in [0.2, 0.25) is 0 Å². The molecule has 0 spiro atoms. The lowest BCUT2D eigenvalue weighted by Crippen LogP contribution is -2.12. The van der Waals surface area contributed by atoms with Crippen molar-refractivity contribution < 1.29 is 17.2 Å². The van der Waals surface area contributed by atoms with Crippen LogP contribution in [0.15, 0.2) is 23.1 Å². The molecule has 0 aromatic heterocycles. The highest BCUT2D eigenvalue weighted by Gasteiger charge is 2.43. The van der Waals surface area contributed by atoms with Gasteiger partial charge in [0.1, 0.15) is 0 Å². The Morgan fingerprint density at radius 1 is 1.33 bits per heavy atom. The van der Waals surface area contributed by atoms with Crippen LogP contribution in [0.5, 0.6) is 0 Å². The SMILES string of the molecule is O=S(=O)(Cl)c1cccc2c1C(F)(F)CC2. The van der Waals surface area contributed by atoms with E-state index in [0.717, 1.165) is 6.07 Å². The summed E-state index contributed by atoms with van der Waals surface area (Å²) in [4.78, 5) is -0.468. The summed E-state index contributed by atoms with van der Waals surface area (Å²) < 4.78 is 49.0. The standard InChI is InChI=1S/C9H7ClF2O2S/c10-15(13,14)7-3-1-2-6-4-5-9(11,12)8(6)7/h1-3H,4-5H2. The second-order valence-electron chi connectivity index (χ2n) is 3.43. The number of halogens is 3. The molecule has 0 N–H and O–H groups in total. The Balaban J connectivity index is 2.76. The minimum atomic E-state index is -4.11. The van der Waals surface area contributed by atoms with Crippen LogP contribution in [-0.4, -0.2) is 8.42 Å². The molecule has 0 saturated heterocycles. The minimum absolute atomic E-state index is 0.183. The summed E-state index contributed by atoms with van der Waals surface area (Å²) in [5, 5.41) is 0. The fourth-order valence-corrected chi connectivity index (χ4v) is 2.97. The van der Waals surface area contributed by atoms with E-state index in [1.807, 2.05) is 0 Å². The molecule has 1 aliphatic rings. The number of alkyl halides is 2. The Hall–Kier alpha value is -0.680. The lowest BCUT2D eigenvalue weighted by Gasteiger charge is -2.12. The molecular formula is C9H7ClF2O2S. The molecule has 15 heavy (non-hydrogen) atoms. The number of fused-ring (bicyclic) bond motifs is 1. The van der Waals surface area contributed by atoms with Gasteiger partial charge < -0.3 is 0 Å². The topological polar surface area (TPSA) is 34.1 Å². The summed E-state index contributed by atoms with van der Waals surface area (Å²) in [5.41, 5.74) is -0.0678. The monoisotopic (exact) mass is 252 g/mol. The van der Waals surface area contributed by atoms with Crippen LogP contribution in [0.4, 0.5) is 8.78 Å². The second-order valence-corrected chi connectivity index (χ2v) is 5.97. The number of hydrogen-bond acceptors (Lipinski definition) is 2. The zero-order chi connectivity index (χ0) is 11.3. The van der Waals surface area contributed by atoms with Crippen LogP contribution in [0, 0.1) is 0 Å². The normalized spacial score (nSPS) is 18.9. The van der Waals surface area contributed by atoms with Crippen molar-refractivity contribution in [3.8, 4) is 0 Å². The Morgan fingerprint density at radius 3 is 2.60 bits per heavy atom. The van der Waals surface area contributed by atoms with Gasteiger partial charge >= 0.3 is 0 Å². The van der Waals surface area contributed by atoms with Crippen molar-refractivity contribution >= 4 is 19.7 Å². The zero-order valence-corrected chi connectivity index (χ0v) is 9.08. The third-order valence-corrected chi connectivity index (χ3v) is 3.81. The van der Waals surface area contributed by atoms with Gasteiger partial charge in [0, 0.05) is 22.7 Å². The van der Waals surface area contributed by atoms with Crippen molar-refractivity contribution in [3.05, 3.63) is 29.3 Å². The Morgan fingerprint density at radius 2 is 2.00 bits per heavy atom. The first kappa shape index (κ1) is 10.8. The summed E-state index contributed by atoms with van der Waals surface area (Å²) in [6.07, 6.45) is -0.172. The van der Waals surface area contributed by atoms with E-state index in [0.29, 0.717) is 5.56 Å². The maximum atomic E-state index is 13.4. The van der Waals surface area contributed by atoms with Gasteiger partial charge in [-0.15, -0.1) is 0 Å². The van der Waals surface area contributed by atoms with Crippen LogP contribution in [0.1, 0.15) is 17.5 Å². The van der Waals surface area contributed by atoms with E-state index in [-0.39, 0.29) is 12.8 Å². The lowest BCUT2D eigenvalue weighted by atomic mass is 10.1. The van der Waals surface area contributed by atoms with Gasteiger partial charge in [-0.2, -0.15) is 0 Å². The molecule has 0 saturated carbocycles. The van der Waals surface area contributed by atoms with Crippen molar-refractivity contribution in [1.82, 2.24) is 0 Å². The summed E-state index contributed by atoms with van der Waals surface area (Å²) in [5.74, 6) is -3.09. The van der Waals surface area contributed by atoms with Gasteiger partial charge in [-0.05, 0) is 18.1 Å². The molecule has 1 aromatic carbocycles. The maximum Gasteiger partial charge on any atom is 0.275 e. The molecule has 0 radical (unpaired) electrons. The minimum Gasteiger partial charge on any atom is -0.207 e. The molecule has 0 amide bonds. The predicted octanol–water partition coefficient (Wildman–Crippen LogP) is 2.65.